The van der Waals surface area contributed by atoms with Gasteiger partial charge in [0.05, 0.1) is 10.4 Å². The summed E-state index contributed by atoms with van der Waals surface area (Å²) < 4.78 is 0. The average molecular weight is 198 g/mol. The molecule has 0 atom stereocenters. The van der Waals surface area contributed by atoms with Gasteiger partial charge in [-0.2, -0.15) is 0 Å². The number of rotatable bonds is 2. The zero-order valence-corrected chi connectivity index (χ0v) is 7.58. The topological polar surface area (TPSA) is 50.2 Å². The fourth-order valence-electron chi connectivity index (χ4n) is 1.42. The highest BCUT2D eigenvalue weighted by atomic mass is 35.5. The van der Waals surface area contributed by atoms with E-state index in [-0.39, 0.29) is 0 Å². The first-order chi connectivity index (χ1) is 6.15. The molecular weight excluding hydrogens is 190 g/mol. The molecule has 1 saturated carbocycles. The highest BCUT2D eigenvalue weighted by Crippen LogP contribution is 2.48. The number of carboxylic acids is 1. The van der Waals surface area contributed by atoms with Crippen LogP contribution in [-0.4, -0.2) is 16.1 Å². The molecular formula is C9H8ClNO2. The summed E-state index contributed by atoms with van der Waals surface area (Å²) in [5, 5.41) is 9.47. The Morgan fingerprint density at radius 3 is 2.69 bits per heavy atom. The van der Waals surface area contributed by atoms with Crippen molar-refractivity contribution < 1.29 is 9.90 Å². The first-order valence-electron chi connectivity index (χ1n) is 3.99. The van der Waals surface area contributed by atoms with Crippen LogP contribution in [0.15, 0.2) is 18.5 Å². The van der Waals surface area contributed by atoms with Crippen molar-refractivity contribution in [3.05, 3.63) is 29.0 Å². The molecule has 1 heterocycles. The van der Waals surface area contributed by atoms with E-state index >= 15 is 0 Å². The predicted molar refractivity (Wildman–Crippen MR) is 47.8 cm³/mol. The van der Waals surface area contributed by atoms with E-state index in [0.29, 0.717) is 23.4 Å². The molecule has 4 heteroatoms. The maximum absolute atomic E-state index is 10.9. The Kier molecular flexibility index (Phi) is 1.77. The largest absolute Gasteiger partial charge is 0.481 e. The van der Waals surface area contributed by atoms with Gasteiger partial charge < -0.3 is 5.11 Å². The van der Waals surface area contributed by atoms with Crippen molar-refractivity contribution in [2.24, 2.45) is 0 Å². The quantitative estimate of drug-likeness (QED) is 0.787. The van der Waals surface area contributed by atoms with Gasteiger partial charge in [-0.25, -0.2) is 0 Å². The first kappa shape index (κ1) is 8.51. The van der Waals surface area contributed by atoms with Gasteiger partial charge in [0, 0.05) is 12.4 Å². The van der Waals surface area contributed by atoms with Gasteiger partial charge >= 0.3 is 5.97 Å². The molecule has 3 nitrogen and oxygen atoms in total. The maximum atomic E-state index is 10.9. The van der Waals surface area contributed by atoms with Crippen molar-refractivity contribution >= 4 is 17.6 Å². The number of aromatic nitrogens is 1. The van der Waals surface area contributed by atoms with Crippen LogP contribution in [-0.2, 0) is 10.2 Å². The van der Waals surface area contributed by atoms with Gasteiger partial charge in [-0.15, -0.1) is 0 Å². The van der Waals surface area contributed by atoms with E-state index in [2.05, 4.69) is 4.98 Å². The lowest BCUT2D eigenvalue weighted by molar-refractivity contribution is -0.140. The Labute approximate surface area is 80.4 Å². The van der Waals surface area contributed by atoms with Crippen molar-refractivity contribution in [2.75, 3.05) is 0 Å². The second kappa shape index (κ2) is 2.70. The van der Waals surface area contributed by atoms with E-state index in [0.717, 1.165) is 0 Å². The molecule has 0 aliphatic heterocycles. The fraction of sp³-hybridized carbons (Fsp3) is 0.333. The van der Waals surface area contributed by atoms with Gasteiger partial charge in [-0.05, 0) is 24.5 Å². The van der Waals surface area contributed by atoms with E-state index < -0.39 is 11.4 Å². The minimum absolute atomic E-state index is 0.491. The van der Waals surface area contributed by atoms with Crippen LogP contribution in [0.1, 0.15) is 18.4 Å². The van der Waals surface area contributed by atoms with Gasteiger partial charge in [-0.3, -0.25) is 9.78 Å². The number of hydrogen-bond donors (Lipinski definition) is 1. The highest BCUT2D eigenvalue weighted by Gasteiger charge is 2.52. The van der Waals surface area contributed by atoms with Crippen LogP contribution in [0.2, 0.25) is 5.02 Å². The van der Waals surface area contributed by atoms with Crippen LogP contribution in [0.3, 0.4) is 0 Å². The normalized spacial score (nSPS) is 18.2. The first-order valence-corrected chi connectivity index (χ1v) is 4.37. The lowest BCUT2D eigenvalue weighted by Gasteiger charge is -2.08. The Hall–Kier alpha value is -1.09. The van der Waals surface area contributed by atoms with Crippen molar-refractivity contribution in [1.82, 2.24) is 4.98 Å². The van der Waals surface area contributed by atoms with Crippen LogP contribution in [0, 0.1) is 0 Å². The molecule has 2 rings (SSSR count). The molecule has 1 fully saturated rings. The smallest absolute Gasteiger partial charge is 0.314 e. The lowest BCUT2D eigenvalue weighted by atomic mass is 9.98. The molecule has 1 aromatic rings. The molecule has 0 amide bonds. The number of carbonyl (C=O) groups is 1. The molecule has 1 aliphatic carbocycles. The second-order valence-corrected chi connectivity index (χ2v) is 3.72. The Bertz CT molecular complexity index is 360. The highest BCUT2D eigenvalue weighted by molar-refractivity contribution is 6.30. The number of pyridine rings is 1. The minimum atomic E-state index is -0.781. The van der Waals surface area contributed by atoms with Crippen molar-refractivity contribution in [3.8, 4) is 0 Å². The van der Waals surface area contributed by atoms with Crippen LogP contribution in [0.25, 0.3) is 0 Å². The van der Waals surface area contributed by atoms with E-state index in [9.17, 15) is 4.79 Å². The standard InChI is InChI=1S/C9H8ClNO2/c10-7-3-6(4-11-5-7)9(1-2-9)8(12)13/h3-5H,1-2H2,(H,12,13). The van der Waals surface area contributed by atoms with E-state index in [1.54, 1.807) is 12.3 Å². The summed E-state index contributed by atoms with van der Waals surface area (Å²) in [6.07, 6.45) is 4.45. The molecule has 13 heavy (non-hydrogen) atoms. The van der Waals surface area contributed by atoms with E-state index in [4.69, 9.17) is 16.7 Å². The summed E-state index contributed by atoms with van der Waals surface area (Å²) in [5.74, 6) is -0.781. The minimum Gasteiger partial charge on any atom is -0.481 e. The second-order valence-electron chi connectivity index (χ2n) is 3.28. The number of hydrogen-bond acceptors (Lipinski definition) is 2. The summed E-state index contributed by atoms with van der Waals surface area (Å²) in [6, 6.07) is 1.68. The van der Waals surface area contributed by atoms with Crippen molar-refractivity contribution in [1.29, 1.82) is 0 Å². The van der Waals surface area contributed by atoms with Gasteiger partial charge in [-0.1, -0.05) is 11.6 Å². The molecule has 1 aliphatic rings. The van der Waals surface area contributed by atoms with Gasteiger partial charge in [0.2, 0.25) is 0 Å². The molecule has 0 radical (unpaired) electrons. The van der Waals surface area contributed by atoms with Gasteiger partial charge in [0.15, 0.2) is 0 Å². The Balaban J connectivity index is 2.41. The zero-order valence-electron chi connectivity index (χ0n) is 6.83. The third-order valence-corrected chi connectivity index (χ3v) is 2.62. The third kappa shape index (κ3) is 1.29. The maximum Gasteiger partial charge on any atom is 0.314 e. The number of nitrogens with zero attached hydrogens (tertiary/aromatic N) is 1. The Morgan fingerprint density at radius 2 is 2.23 bits per heavy atom. The molecule has 0 bridgehead atoms. The van der Waals surface area contributed by atoms with Crippen LogP contribution < -0.4 is 0 Å². The molecule has 1 N–H and O–H groups in total. The Morgan fingerprint density at radius 1 is 1.54 bits per heavy atom. The van der Waals surface area contributed by atoms with Crippen LogP contribution in [0.4, 0.5) is 0 Å². The summed E-state index contributed by atoms with van der Waals surface area (Å²) in [4.78, 5) is 14.8. The van der Waals surface area contributed by atoms with E-state index in [1.165, 1.54) is 6.20 Å². The summed E-state index contributed by atoms with van der Waals surface area (Å²) >= 11 is 5.73. The number of carboxylic acid groups (broad SMARTS) is 1. The SMILES string of the molecule is O=C(O)C1(c2cncc(Cl)c2)CC1. The summed E-state index contributed by atoms with van der Waals surface area (Å²) in [5.41, 5.74) is 0.0188. The van der Waals surface area contributed by atoms with Crippen molar-refractivity contribution in [2.45, 2.75) is 18.3 Å². The molecule has 68 valence electrons. The van der Waals surface area contributed by atoms with Crippen LogP contribution in [0.5, 0.6) is 0 Å². The monoisotopic (exact) mass is 197 g/mol. The molecule has 1 aromatic heterocycles. The summed E-state index contributed by atoms with van der Waals surface area (Å²) in [7, 11) is 0. The zero-order chi connectivity index (χ0) is 9.47. The number of halogens is 1. The van der Waals surface area contributed by atoms with Crippen LogP contribution >= 0.6 is 11.6 Å². The number of aliphatic carboxylic acids is 1. The van der Waals surface area contributed by atoms with E-state index in [1.807, 2.05) is 0 Å². The molecule has 0 unspecified atom stereocenters. The molecule has 0 aromatic carbocycles. The molecule has 0 saturated heterocycles. The van der Waals surface area contributed by atoms with Crippen molar-refractivity contribution in [3.63, 3.8) is 0 Å². The third-order valence-electron chi connectivity index (χ3n) is 2.42. The molecule has 0 spiro atoms. The fourth-order valence-corrected chi connectivity index (χ4v) is 1.60. The summed E-state index contributed by atoms with van der Waals surface area (Å²) in [6.45, 7) is 0. The average Bonchev–Trinajstić information content (AvgIpc) is 2.83. The lowest BCUT2D eigenvalue weighted by Crippen LogP contribution is -2.19. The predicted octanol–water partition coefficient (Wildman–Crippen LogP) is 1.85. The van der Waals surface area contributed by atoms with Gasteiger partial charge in [0.1, 0.15) is 0 Å². The van der Waals surface area contributed by atoms with Gasteiger partial charge in [0.25, 0.3) is 0 Å².